The largest absolute Gasteiger partial charge is 0.274 e. The highest BCUT2D eigenvalue weighted by molar-refractivity contribution is 9.10. The van der Waals surface area contributed by atoms with Crippen molar-refractivity contribution in [1.29, 1.82) is 0 Å². The number of anilines is 1. The summed E-state index contributed by atoms with van der Waals surface area (Å²) in [5.41, 5.74) is 3.06. The molecule has 0 saturated heterocycles. The number of hydrogen-bond donors (Lipinski definition) is 0. The number of amides is 2. The number of aromatic nitrogens is 6. The van der Waals surface area contributed by atoms with E-state index in [0.29, 0.717) is 18.0 Å². The summed E-state index contributed by atoms with van der Waals surface area (Å²) in [6.45, 7) is 0.433. The van der Waals surface area contributed by atoms with Crippen LogP contribution in [-0.4, -0.2) is 41.4 Å². The number of fused-ring (bicyclic) bond motifs is 2. The Morgan fingerprint density at radius 1 is 1.06 bits per heavy atom. The third kappa shape index (κ3) is 3.40. The molecule has 2 saturated carbocycles. The van der Waals surface area contributed by atoms with E-state index in [2.05, 4.69) is 36.3 Å². The van der Waals surface area contributed by atoms with E-state index in [1.54, 1.807) is 15.4 Å². The summed E-state index contributed by atoms with van der Waals surface area (Å²) >= 11 is 3.48. The molecule has 0 radical (unpaired) electrons. The molecule has 2 aliphatic rings. The zero-order valence-corrected chi connectivity index (χ0v) is 18.1. The van der Waals surface area contributed by atoms with Gasteiger partial charge in [0.1, 0.15) is 5.52 Å². The zero-order valence-electron chi connectivity index (χ0n) is 16.5. The van der Waals surface area contributed by atoms with Gasteiger partial charge in [-0.3, -0.25) is 9.59 Å². The molecule has 6 rings (SSSR count). The minimum Gasteiger partial charge on any atom is -0.274 e. The predicted octanol–water partition coefficient (Wildman–Crippen LogP) is 2.96. The summed E-state index contributed by atoms with van der Waals surface area (Å²) in [6, 6.07) is 9.50. The Bertz CT molecular complexity index is 1330. The minimum absolute atomic E-state index is 0.0593. The number of nitrogens with zero attached hydrogens (tertiary/aromatic N) is 7. The molecular weight excluding hydrogens is 462 g/mol. The molecule has 2 aliphatic carbocycles. The quantitative estimate of drug-likeness (QED) is 0.408. The Labute approximate surface area is 185 Å². The van der Waals surface area contributed by atoms with Gasteiger partial charge in [0, 0.05) is 16.3 Å². The fourth-order valence-electron chi connectivity index (χ4n) is 3.67. The third-order valence-electron chi connectivity index (χ3n) is 5.67. The van der Waals surface area contributed by atoms with Crippen molar-refractivity contribution >= 4 is 50.2 Å². The van der Waals surface area contributed by atoms with Gasteiger partial charge in [0.2, 0.25) is 11.8 Å². The lowest BCUT2D eigenvalue weighted by Crippen LogP contribution is -2.39. The van der Waals surface area contributed by atoms with Crippen LogP contribution < -0.4 is 4.90 Å². The Morgan fingerprint density at radius 3 is 2.52 bits per heavy atom. The molecule has 2 fully saturated rings. The highest BCUT2D eigenvalue weighted by atomic mass is 79.9. The Hall–Kier alpha value is -3.14. The molecule has 0 N–H and O–H groups in total. The molecule has 31 heavy (non-hydrogen) atoms. The van der Waals surface area contributed by atoms with Gasteiger partial charge in [0.25, 0.3) is 0 Å². The van der Waals surface area contributed by atoms with Gasteiger partial charge in [0.15, 0.2) is 11.5 Å². The fraction of sp³-hybridized carbons (Fsp3) is 0.333. The third-order valence-corrected chi connectivity index (χ3v) is 6.17. The lowest BCUT2D eigenvalue weighted by atomic mass is 10.3. The average Bonchev–Trinajstić information content (AvgIpc) is 3.68. The molecular formula is C21H18BrN7O2. The van der Waals surface area contributed by atoms with Crippen LogP contribution in [0.25, 0.3) is 16.7 Å². The highest BCUT2D eigenvalue weighted by Crippen LogP contribution is 2.37. The van der Waals surface area contributed by atoms with Crippen molar-refractivity contribution in [3.05, 3.63) is 46.7 Å². The number of rotatable bonds is 5. The molecule has 3 heterocycles. The Kier molecular flexibility index (Phi) is 4.17. The van der Waals surface area contributed by atoms with E-state index in [1.807, 2.05) is 30.3 Å². The maximum Gasteiger partial charge on any atom is 0.238 e. The lowest BCUT2D eigenvalue weighted by molar-refractivity contribution is -0.127. The number of carbonyl (C=O) groups excluding carboxylic acids is 2. The van der Waals surface area contributed by atoms with E-state index in [9.17, 15) is 9.59 Å². The van der Waals surface area contributed by atoms with Crippen LogP contribution in [0.5, 0.6) is 0 Å². The summed E-state index contributed by atoms with van der Waals surface area (Å²) in [5.74, 6) is -0.0409. The highest BCUT2D eigenvalue weighted by Gasteiger charge is 2.43. The van der Waals surface area contributed by atoms with Gasteiger partial charge < -0.3 is 0 Å². The molecule has 3 aromatic heterocycles. The van der Waals surface area contributed by atoms with Crippen molar-refractivity contribution in [3.63, 3.8) is 0 Å². The maximum absolute atomic E-state index is 12.8. The SMILES string of the molecule is O=C(C1CC1)N(C(=O)C1CC1)c1cn2nc(Cn3nnc4ccc(Br)cc43)ccc2n1. The molecule has 0 atom stereocenters. The smallest absolute Gasteiger partial charge is 0.238 e. The second-order valence-corrected chi connectivity index (χ2v) is 9.08. The van der Waals surface area contributed by atoms with Crippen LogP contribution in [0, 0.1) is 11.8 Å². The maximum atomic E-state index is 12.8. The van der Waals surface area contributed by atoms with Gasteiger partial charge in [-0.25, -0.2) is 19.1 Å². The summed E-state index contributed by atoms with van der Waals surface area (Å²) in [7, 11) is 0. The fourth-order valence-corrected chi connectivity index (χ4v) is 4.02. The van der Waals surface area contributed by atoms with Crippen LogP contribution in [0.4, 0.5) is 5.82 Å². The second-order valence-electron chi connectivity index (χ2n) is 8.17. The Morgan fingerprint density at radius 2 is 1.81 bits per heavy atom. The number of hydrogen-bond acceptors (Lipinski definition) is 6. The normalized spacial score (nSPS) is 16.2. The number of imide groups is 1. The van der Waals surface area contributed by atoms with E-state index in [-0.39, 0.29) is 23.7 Å². The molecule has 0 bridgehead atoms. The van der Waals surface area contributed by atoms with Crippen molar-refractivity contribution in [2.75, 3.05) is 4.90 Å². The molecule has 1 aromatic carbocycles. The summed E-state index contributed by atoms with van der Waals surface area (Å²) in [5, 5.41) is 13.0. The molecule has 4 aromatic rings. The first-order valence-electron chi connectivity index (χ1n) is 10.3. The van der Waals surface area contributed by atoms with E-state index >= 15 is 0 Å². The van der Waals surface area contributed by atoms with Gasteiger partial charge in [-0.05, 0) is 56.0 Å². The van der Waals surface area contributed by atoms with E-state index in [0.717, 1.165) is 46.9 Å². The number of imidazole rings is 1. The van der Waals surface area contributed by atoms with Crippen LogP contribution in [0.15, 0.2) is 41.0 Å². The summed E-state index contributed by atoms with van der Waals surface area (Å²) < 4.78 is 4.35. The van der Waals surface area contributed by atoms with Crippen LogP contribution in [-0.2, 0) is 16.1 Å². The van der Waals surface area contributed by atoms with E-state index < -0.39 is 0 Å². The van der Waals surface area contributed by atoms with Gasteiger partial charge in [-0.1, -0.05) is 21.1 Å². The molecule has 156 valence electrons. The van der Waals surface area contributed by atoms with Gasteiger partial charge in [-0.2, -0.15) is 5.10 Å². The molecule has 2 amide bonds. The van der Waals surface area contributed by atoms with Crippen LogP contribution >= 0.6 is 15.9 Å². The first-order chi connectivity index (χ1) is 15.1. The molecule has 0 spiro atoms. The second kappa shape index (κ2) is 6.94. The Balaban J connectivity index is 1.33. The first-order valence-corrected chi connectivity index (χ1v) is 11.1. The van der Waals surface area contributed by atoms with Gasteiger partial charge in [-0.15, -0.1) is 5.10 Å². The van der Waals surface area contributed by atoms with Crippen molar-refractivity contribution < 1.29 is 9.59 Å². The van der Waals surface area contributed by atoms with Crippen molar-refractivity contribution in [2.24, 2.45) is 11.8 Å². The van der Waals surface area contributed by atoms with Crippen molar-refractivity contribution in [2.45, 2.75) is 32.2 Å². The van der Waals surface area contributed by atoms with Crippen LogP contribution in [0.2, 0.25) is 0 Å². The first kappa shape index (κ1) is 18.6. The lowest BCUT2D eigenvalue weighted by Gasteiger charge is -2.17. The molecule has 0 aliphatic heterocycles. The van der Waals surface area contributed by atoms with Crippen molar-refractivity contribution in [1.82, 2.24) is 29.6 Å². The van der Waals surface area contributed by atoms with E-state index in [1.165, 1.54) is 4.90 Å². The topological polar surface area (TPSA) is 98.3 Å². The number of benzene rings is 1. The molecule has 9 nitrogen and oxygen atoms in total. The zero-order chi connectivity index (χ0) is 21.1. The standard InChI is InChI=1S/C21H18BrN7O2/c22-14-5-7-16-17(9-14)27(26-24-16)10-15-6-8-18-23-19(11-28(18)25-15)29(20(30)12-1-2-12)21(31)13-3-4-13/h5-9,11-13H,1-4,10H2. The minimum atomic E-state index is -0.139. The van der Waals surface area contributed by atoms with Gasteiger partial charge in [0.05, 0.1) is 24.0 Å². The average molecular weight is 480 g/mol. The number of carbonyl (C=O) groups is 2. The van der Waals surface area contributed by atoms with Crippen LogP contribution in [0.1, 0.15) is 31.4 Å². The molecule has 10 heteroatoms. The summed E-state index contributed by atoms with van der Waals surface area (Å²) in [6.07, 6.45) is 5.02. The van der Waals surface area contributed by atoms with Crippen LogP contribution in [0.3, 0.4) is 0 Å². The predicted molar refractivity (Wildman–Crippen MR) is 115 cm³/mol. The number of halogens is 1. The van der Waals surface area contributed by atoms with Crippen molar-refractivity contribution in [3.8, 4) is 0 Å². The molecule has 0 unspecified atom stereocenters. The van der Waals surface area contributed by atoms with Gasteiger partial charge >= 0.3 is 0 Å². The van der Waals surface area contributed by atoms with E-state index in [4.69, 9.17) is 0 Å². The summed E-state index contributed by atoms with van der Waals surface area (Å²) in [4.78, 5) is 31.4. The monoisotopic (exact) mass is 479 g/mol.